The maximum absolute atomic E-state index is 12.7. The van der Waals surface area contributed by atoms with E-state index in [-0.39, 0.29) is 11.9 Å². The van der Waals surface area contributed by atoms with Gasteiger partial charge in [-0.05, 0) is 42.7 Å². The van der Waals surface area contributed by atoms with Gasteiger partial charge in [-0.2, -0.15) is 0 Å². The average Bonchev–Trinajstić information content (AvgIpc) is 3.12. The number of ether oxygens (including phenoxy) is 1. The lowest BCUT2D eigenvalue weighted by Crippen LogP contribution is -2.34. The van der Waals surface area contributed by atoms with Gasteiger partial charge in [-0.3, -0.25) is 4.79 Å². The number of hydrogen-bond donors (Lipinski definition) is 1. The number of aromatic nitrogens is 2. The van der Waals surface area contributed by atoms with Gasteiger partial charge >= 0.3 is 0 Å². The van der Waals surface area contributed by atoms with Gasteiger partial charge in [-0.15, -0.1) is 0 Å². The normalized spacial score (nSPS) is 12.3. The quantitative estimate of drug-likeness (QED) is 0.650. The number of rotatable bonds is 8. The van der Waals surface area contributed by atoms with Crippen molar-refractivity contribution in [3.05, 3.63) is 66.1 Å². The first kappa shape index (κ1) is 19.9. The first-order valence-corrected chi connectivity index (χ1v) is 9.60. The smallest absolute Gasteiger partial charge is 0.253 e. The van der Waals surface area contributed by atoms with Crippen molar-refractivity contribution in [3.63, 3.8) is 0 Å². The summed E-state index contributed by atoms with van der Waals surface area (Å²) in [5.74, 6) is 1.02. The van der Waals surface area contributed by atoms with E-state index in [2.05, 4.69) is 18.8 Å². The predicted octanol–water partition coefficient (Wildman–Crippen LogP) is 3.36. The summed E-state index contributed by atoms with van der Waals surface area (Å²) in [6.45, 7) is 5.16. The van der Waals surface area contributed by atoms with E-state index in [1.165, 1.54) is 0 Å². The Morgan fingerprint density at radius 1 is 1.25 bits per heavy atom. The number of nitrogens with zero attached hydrogens (tertiary/aromatic N) is 3. The molecule has 0 saturated heterocycles. The van der Waals surface area contributed by atoms with E-state index in [0.717, 1.165) is 17.8 Å². The van der Waals surface area contributed by atoms with Crippen LogP contribution in [-0.2, 0) is 6.61 Å². The number of nitrogens with two attached hydrogens (primary N) is 1. The van der Waals surface area contributed by atoms with Crippen LogP contribution in [-0.4, -0.2) is 39.8 Å². The Morgan fingerprint density at radius 2 is 2.07 bits per heavy atom. The molecular weight excluding hydrogens is 352 g/mol. The van der Waals surface area contributed by atoms with Crippen molar-refractivity contribution in [2.45, 2.75) is 32.9 Å². The van der Waals surface area contributed by atoms with Crippen LogP contribution in [0, 0.1) is 5.92 Å². The molecule has 148 valence electrons. The SMILES string of the molecule is CC(C)C(N)CCN(C)C(=O)c1cccc(OCc2cn3ccccc3n2)c1. The number of pyridine rings is 1. The summed E-state index contributed by atoms with van der Waals surface area (Å²) in [6.07, 6.45) is 4.67. The van der Waals surface area contributed by atoms with E-state index in [0.29, 0.717) is 30.4 Å². The highest BCUT2D eigenvalue weighted by molar-refractivity contribution is 5.94. The average molecular weight is 380 g/mol. The minimum absolute atomic E-state index is 0.0332. The zero-order chi connectivity index (χ0) is 20.1. The molecule has 6 nitrogen and oxygen atoms in total. The first-order chi connectivity index (χ1) is 13.4. The van der Waals surface area contributed by atoms with E-state index in [9.17, 15) is 4.79 Å². The number of imidazole rings is 1. The fourth-order valence-corrected chi connectivity index (χ4v) is 2.93. The minimum Gasteiger partial charge on any atom is -0.487 e. The van der Waals surface area contributed by atoms with Gasteiger partial charge in [0.15, 0.2) is 0 Å². The Bertz CT molecular complexity index is 902. The van der Waals surface area contributed by atoms with Crippen LogP contribution in [0.4, 0.5) is 0 Å². The summed E-state index contributed by atoms with van der Waals surface area (Å²) in [4.78, 5) is 18.9. The zero-order valence-corrected chi connectivity index (χ0v) is 16.7. The van der Waals surface area contributed by atoms with Gasteiger partial charge < -0.3 is 19.8 Å². The fourth-order valence-electron chi connectivity index (χ4n) is 2.93. The first-order valence-electron chi connectivity index (χ1n) is 9.60. The van der Waals surface area contributed by atoms with E-state index >= 15 is 0 Å². The van der Waals surface area contributed by atoms with E-state index in [1.54, 1.807) is 24.1 Å². The third kappa shape index (κ3) is 4.89. The van der Waals surface area contributed by atoms with Crippen molar-refractivity contribution in [1.82, 2.24) is 14.3 Å². The van der Waals surface area contributed by atoms with Crippen molar-refractivity contribution in [3.8, 4) is 5.75 Å². The summed E-state index contributed by atoms with van der Waals surface area (Å²) in [5, 5.41) is 0. The Balaban J connectivity index is 1.60. The highest BCUT2D eigenvalue weighted by Crippen LogP contribution is 2.17. The van der Waals surface area contributed by atoms with Crippen molar-refractivity contribution in [2.24, 2.45) is 11.7 Å². The zero-order valence-electron chi connectivity index (χ0n) is 16.7. The lowest BCUT2D eigenvalue weighted by molar-refractivity contribution is 0.0788. The molecule has 2 heterocycles. The van der Waals surface area contributed by atoms with E-state index in [4.69, 9.17) is 10.5 Å². The Hall–Kier alpha value is -2.86. The maximum atomic E-state index is 12.7. The van der Waals surface area contributed by atoms with Crippen LogP contribution in [0.25, 0.3) is 5.65 Å². The van der Waals surface area contributed by atoms with E-state index in [1.807, 2.05) is 47.1 Å². The van der Waals surface area contributed by atoms with Gasteiger partial charge in [0, 0.05) is 37.6 Å². The molecule has 6 heteroatoms. The molecule has 0 aliphatic heterocycles. The van der Waals surface area contributed by atoms with Gasteiger partial charge in [0.05, 0.1) is 5.69 Å². The molecule has 0 radical (unpaired) electrons. The van der Waals surface area contributed by atoms with Crippen LogP contribution >= 0.6 is 0 Å². The molecule has 0 bridgehead atoms. The van der Waals surface area contributed by atoms with Crippen LogP contribution in [0.15, 0.2) is 54.9 Å². The molecule has 0 fully saturated rings. The third-order valence-electron chi connectivity index (χ3n) is 4.88. The van der Waals surface area contributed by atoms with Gasteiger partial charge in [0.1, 0.15) is 18.0 Å². The molecule has 1 atom stereocenters. The van der Waals surface area contributed by atoms with Gasteiger partial charge in [0.25, 0.3) is 5.91 Å². The standard InChI is InChI=1S/C22H28N4O2/c1-16(2)20(23)10-12-25(3)22(27)17-7-6-8-19(13-17)28-15-18-14-26-11-5-4-9-21(26)24-18/h4-9,11,13-14,16,20H,10,12,15,23H2,1-3H3. The van der Waals surface area contributed by atoms with Crippen molar-refractivity contribution in [1.29, 1.82) is 0 Å². The van der Waals surface area contributed by atoms with Crippen molar-refractivity contribution >= 4 is 11.6 Å². The predicted molar refractivity (Wildman–Crippen MR) is 110 cm³/mol. The molecule has 3 aromatic rings. The Morgan fingerprint density at radius 3 is 2.82 bits per heavy atom. The summed E-state index contributed by atoms with van der Waals surface area (Å²) >= 11 is 0. The van der Waals surface area contributed by atoms with E-state index < -0.39 is 0 Å². The number of carbonyl (C=O) groups excluding carboxylic acids is 1. The van der Waals surface area contributed by atoms with Crippen LogP contribution in [0.3, 0.4) is 0 Å². The Labute approximate surface area is 165 Å². The van der Waals surface area contributed by atoms with Crippen LogP contribution < -0.4 is 10.5 Å². The molecule has 3 rings (SSSR count). The minimum atomic E-state index is -0.0332. The van der Waals surface area contributed by atoms with Gasteiger partial charge in [-0.25, -0.2) is 4.98 Å². The number of amides is 1. The lowest BCUT2D eigenvalue weighted by atomic mass is 10.0. The Kier molecular flexibility index (Phi) is 6.31. The maximum Gasteiger partial charge on any atom is 0.253 e. The number of fused-ring (bicyclic) bond motifs is 1. The monoisotopic (exact) mass is 380 g/mol. The second-order valence-corrected chi connectivity index (χ2v) is 7.44. The number of hydrogen-bond acceptors (Lipinski definition) is 4. The molecule has 1 unspecified atom stereocenters. The summed E-state index contributed by atoms with van der Waals surface area (Å²) < 4.78 is 7.81. The molecule has 2 aromatic heterocycles. The second-order valence-electron chi connectivity index (χ2n) is 7.44. The van der Waals surface area contributed by atoms with Crippen LogP contribution in [0.2, 0.25) is 0 Å². The molecule has 1 amide bonds. The molecule has 28 heavy (non-hydrogen) atoms. The summed E-state index contributed by atoms with van der Waals surface area (Å²) in [5.41, 5.74) is 8.41. The molecular formula is C22H28N4O2. The number of benzene rings is 1. The van der Waals surface area contributed by atoms with Gasteiger partial charge in [0.2, 0.25) is 0 Å². The topological polar surface area (TPSA) is 72.9 Å². The third-order valence-corrected chi connectivity index (χ3v) is 4.88. The second kappa shape index (κ2) is 8.89. The van der Waals surface area contributed by atoms with Crippen molar-refractivity contribution in [2.75, 3.05) is 13.6 Å². The largest absolute Gasteiger partial charge is 0.487 e. The lowest BCUT2D eigenvalue weighted by Gasteiger charge is -2.21. The summed E-state index contributed by atoms with van der Waals surface area (Å²) in [6, 6.07) is 13.2. The molecule has 0 saturated carbocycles. The molecule has 2 N–H and O–H groups in total. The molecule has 1 aromatic carbocycles. The fraction of sp³-hybridized carbons (Fsp3) is 0.364. The van der Waals surface area contributed by atoms with Crippen molar-refractivity contribution < 1.29 is 9.53 Å². The molecule has 0 spiro atoms. The van der Waals surface area contributed by atoms with Crippen LogP contribution in [0.5, 0.6) is 5.75 Å². The summed E-state index contributed by atoms with van der Waals surface area (Å²) in [7, 11) is 1.81. The van der Waals surface area contributed by atoms with Crippen LogP contribution in [0.1, 0.15) is 36.3 Å². The highest BCUT2D eigenvalue weighted by Gasteiger charge is 2.15. The molecule has 0 aliphatic rings. The molecule has 0 aliphatic carbocycles. The highest BCUT2D eigenvalue weighted by atomic mass is 16.5. The van der Waals surface area contributed by atoms with Gasteiger partial charge in [-0.1, -0.05) is 26.0 Å². The number of carbonyl (C=O) groups is 1.